The van der Waals surface area contributed by atoms with Crippen LogP contribution in [0.25, 0.3) is 0 Å². The summed E-state index contributed by atoms with van der Waals surface area (Å²) in [6, 6.07) is 7.58. The third-order valence-corrected chi connectivity index (χ3v) is 7.04. The first-order valence-corrected chi connectivity index (χ1v) is 11.6. The highest BCUT2D eigenvalue weighted by molar-refractivity contribution is 7.99. The number of hydrazone groups is 1. The zero-order valence-corrected chi connectivity index (χ0v) is 17.7. The Morgan fingerprint density at radius 2 is 2.21 bits per heavy atom. The lowest BCUT2D eigenvalue weighted by molar-refractivity contribution is -0.130. The molecule has 29 heavy (non-hydrogen) atoms. The number of hydrogen-bond donors (Lipinski definition) is 0. The molecule has 0 saturated heterocycles. The van der Waals surface area contributed by atoms with Gasteiger partial charge in [-0.1, -0.05) is 17.8 Å². The van der Waals surface area contributed by atoms with Crippen LogP contribution in [0.1, 0.15) is 54.6 Å². The van der Waals surface area contributed by atoms with E-state index in [0.717, 1.165) is 33.9 Å². The average molecular weight is 428 g/mol. The van der Waals surface area contributed by atoms with E-state index in [0.29, 0.717) is 12.3 Å². The van der Waals surface area contributed by atoms with Gasteiger partial charge < -0.3 is 8.98 Å². The van der Waals surface area contributed by atoms with Crippen LogP contribution in [0.5, 0.6) is 0 Å². The van der Waals surface area contributed by atoms with Crippen molar-refractivity contribution in [2.75, 3.05) is 5.75 Å². The molecule has 1 amide bonds. The van der Waals surface area contributed by atoms with Crippen LogP contribution in [0.2, 0.25) is 0 Å². The molecular formula is C20H21N5O2S2. The molecule has 1 aliphatic heterocycles. The number of furan rings is 1. The van der Waals surface area contributed by atoms with Gasteiger partial charge in [-0.05, 0) is 43.3 Å². The van der Waals surface area contributed by atoms with E-state index in [1.165, 1.54) is 24.6 Å². The predicted molar refractivity (Wildman–Crippen MR) is 112 cm³/mol. The average Bonchev–Trinajstić information content (AvgIpc) is 3.23. The lowest BCUT2D eigenvalue weighted by atomic mass is 10.1. The van der Waals surface area contributed by atoms with Crippen molar-refractivity contribution in [3.63, 3.8) is 0 Å². The van der Waals surface area contributed by atoms with Crippen molar-refractivity contribution in [1.82, 2.24) is 19.8 Å². The minimum atomic E-state index is -0.207. The molecule has 1 aliphatic carbocycles. The lowest BCUT2D eigenvalue weighted by Gasteiger charge is -2.19. The topological polar surface area (TPSA) is 76.5 Å². The second-order valence-corrected chi connectivity index (χ2v) is 9.04. The second kappa shape index (κ2) is 7.79. The summed E-state index contributed by atoms with van der Waals surface area (Å²) in [6.07, 6.45) is 4.65. The fraction of sp³-hybridized carbons (Fsp3) is 0.400. The van der Waals surface area contributed by atoms with Gasteiger partial charge in [0.1, 0.15) is 17.6 Å². The summed E-state index contributed by atoms with van der Waals surface area (Å²) in [5, 5.41) is 17.7. The quantitative estimate of drug-likeness (QED) is 0.526. The van der Waals surface area contributed by atoms with Crippen LogP contribution >= 0.6 is 23.1 Å². The normalized spacial score (nSPS) is 19.0. The van der Waals surface area contributed by atoms with Gasteiger partial charge >= 0.3 is 0 Å². The standard InChI is InChI=1S/C20H21N5O2S2/c1-2-24-19(13-7-8-13)21-22-20(24)29-12-18(26)25-15(16-5-3-9-27-16)11-14(23-25)17-6-4-10-28-17/h3-6,9-10,13,15H,2,7-8,11-12H2,1H3/t15-/m0/s1. The van der Waals surface area contributed by atoms with Gasteiger partial charge in [-0.25, -0.2) is 5.01 Å². The molecule has 0 N–H and O–H groups in total. The summed E-state index contributed by atoms with van der Waals surface area (Å²) in [5.41, 5.74) is 0.924. The monoisotopic (exact) mass is 427 g/mol. The van der Waals surface area contributed by atoms with E-state index in [4.69, 9.17) is 4.42 Å². The van der Waals surface area contributed by atoms with Crippen molar-refractivity contribution < 1.29 is 9.21 Å². The highest BCUT2D eigenvalue weighted by atomic mass is 32.2. The van der Waals surface area contributed by atoms with Crippen LogP contribution in [-0.2, 0) is 11.3 Å². The van der Waals surface area contributed by atoms with E-state index >= 15 is 0 Å². The Kier molecular flexibility index (Phi) is 5.01. The Bertz CT molecular complexity index is 1020. The van der Waals surface area contributed by atoms with Crippen molar-refractivity contribution in [2.24, 2.45) is 5.10 Å². The molecule has 3 aromatic heterocycles. The zero-order valence-electron chi connectivity index (χ0n) is 16.0. The summed E-state index contributed by atoms with van der Waals surface area (Å²) in [5.74, 6) is 2.55. The fourth-order valence-corrected chi connectivity index (χ4v) is 5.16. The molecule has 1 fully saturated rings. The number of rotatable bonds is 7. The largest absolute Gasteiger partial charge is 0.467 e. The van der Waals surface area contributed by atoms with E-state index in [1.54, 1.807) is 22.6 Å². The number of thiophene rings is 1. The molecule has 1 atom stereocenters. The van der Waals surface area contributed by atoms with Crippen LogP contribution in [0.15, 0.2) is 50.6 Å². The van der Waals surface area contributed by atoms with Gasteiger partial charge in [0.2, 0.25) is 0 Å². The smallest absolute Gasteiger partial charge is 0.253 e. The van der Waals surface area contributed by atoms with Gasteiger partial charge in [0, 0.05) is 18.9 Å². The lowest BCUT2D eigenvalue weighted by Crippen LogP contribution is -2.28. The number of hydrogen-bond acceptors (Lipinski definition) is 7. The molecule has 1 saturated carbocycles. The molecular weight excluding hydrogens is 406 g/mol. The number of carbonyl (C=O) groups excluding carboxylic acids is 1. The zero-order chi connectivity index (χ0) is 19.8. The molecule has 5 rings (SSSR count). The Morgan fingerprint density at radius 1 is 1.31 bits per heavy atom. The summed E-state index contributed by atoms with van der Waals surface area (Å²) in [7, 11) is 0. The van der Waals surface area contributed by atoms with Crippen molar-refractivity contribution >= 4 is 34.7 Å². The van der Waals surface area contributed by atoms with Crippen LogP contribution in [0, 0.1) is 0 Å². The van der Waals surface area contributed by atoms with Crippen molar-refractivity contribution in [1.29, 1.82) is 0 Å². The summed E-state index contributed by atoms with van der Waals surface area (Å²) in [6.45, 7) is 2.90. The molecule has 0 spiro atoms. The minimum Gasteiger partial charge on any atom is -0.467 e. The predicted octanol–water partition coefficient (Wildman–Crippen LogP) is 4.30. The van der Waals surface area contributed by atoms with Crippen molar-refractivity contribution in [2.45, 2.75) is 49.8 Å². The molecule has 3 aromatic rings. The van der Waals surface area contributed by atoms with E-state index in [1.807, 2.05) is 29.6 Å². The van der Waals surface area contributed by atoms with Crippen molar-refractivity contribution in [3.8, 4) is 0 Å². The highest BCUT2D eigenvalue weighted by Crippen LogP contribution is 2.40. The van der Waals surface area contributed by atoms with Crippen LogP contribution < -0.4 is 0 Å². The molecule has 7 nitrogen and oxygen atoms in total. The van der Waals surface area contributed by atoms with E-state index in [9.17, 15) is 4.79 Å². The molecule has 0 aromatic carbocycles. The molecule has 9 heteroatoms. The number of carbonyl (C=O) groups is 1. The van der Waals surface area contributed by atoms with Gasteiger partial charge in [0.25, 0.3) is 5.91 Å². The SMILES string of the molecule is CCn1c(SCC(=O)N2N=C(c3cccs3)C[C@H]2c2ccco2)nnc1C1CC1. The Balaban J connectivity index is 1.34. The van der Waals surface area contributed by atoms with Gasteiger partial charge in [-0.3, -0.25) is 4.79 Å². The number of thioether (sulfide) groups is 1. The molecule has 2 aliphatic rings. The van der Waals surface area contributed by atoms with E-state index < -0.39 is 0 Å². The van der Waals surface area contributed by atoms with Crippen LogP contribution in [-0.4, -0.2) is 37.1 Å². The maximum atomic E-state index is 13.1. The maximum absolute atomic E-state index is 13.1. The Labute approximate surface area is 176 Å². The molecule has 0 unspecified atom stereocenters. The number of aromatic nitrogens is 3. The third kappa shape index (κ3) is 3.64. The first-order valence-electron chi connectivity index (χ1n) is 9.77. The molecule has 0 bridgehead atoms. The third-order valence-electron chi connectivity index (χ3n) is 5.17. The molecule has 4 heterocycles. The summed E-state index contributed by atoms with van der Waals surface area (Å²) >= 11 is 3.07. The Hall–Kier alpha value is -2.39. The van der Waals surface area contributed by atoms with Gasteiger partial charge in [0.15, 0.2) is 5.16 Å². The Morgan fingerprint density at radius 3 is 2.90 bits per heavy atom. The van der Waals surface area contributed by atoms with Gasteiger partial charge in [-0.15, -0.1) is 21.5 Å². The first kappa shape index (κ1) is 18.6. The number of nitrogens with zero attached hydrogens (tertiary/aromatic N) is 5. The molecule has 150 valence electrons. The highest BCUT2D eigenvalue weighted by Gasteiger charge is 2.35. The van der Waals surface area contributed by atoms with Crippen LogP contribution in [0.3, 0.4) is 0 Å². The minimum absolute atomic E-state index is 0.0541. The van der Waals surface area contributed by atoms with Gasteiger partial charge in [0.05, 0.1) is 22.6 Å². The number of amides is 1. The summed E-state index contributed by atoms with van der Waals surface area (Å²) in [4.78, 5) is 14.2. The first-order chi connectivity index (χ1) is 14.2. The van der Waals surface area contributed by atoms with Crippen LogP contribution in [0.4, 0.5) is 0 Å². The van der Waals surface area contributed by atoms with E-state index in [2.05, 4.69) is 26.8 Å². The maximum Gasteiger partial charge on any atom is 0.253 e. The van der Waals surface area contributed by atoms with Crippen molar-refractivity contribution in [3.05, 3.63) is 52.4 Å². The van der Waals surface area contributed by atoms with E-state index in [-0.39, 0.29) is 17.7 Å². The molecule has 0 radical (unpaired) electrons. The fourth-order valence-electron chi connectivity index (χ4n) is 3.57. The second-order valence-electron chi connectivity index (χ2n) is 7.15. The van der Waals surface area contributed by atoms with Gasteiger partial charge in [-0.2, -0.15) is 5.10 Å². The summed E-state index contributed by atoms with van der Waals surface area (Å²) < 4.78 is 7.73.